The van der Waals surface area contributed by atoms with Gasteiger partial charge in [0.15, 0.2) is 0 Å². The van der Waals surface area contributed by atoms with Gasteiger partial charge in [0.25, 0.3) is 0 Å². The van der Waals surface area contributed by atoms with Crippen molar-refractivity contribution in [1.29, 1.82) is 0 Å². The fourth-order valence-electron chi connectivity index (χ4n) is 0.654. The normalized spacial score (nSPS) is 9.40. The fraction of sp³-hybridized carbons (Fsp3) is 0.143. The Kier molecular flexibility index (Phi) is 3.35. The molecule has 0 aliphatic rings. The monoisotopic (exact) mass is 262 g/mol. The predicted molar refractivity (Wildman–Crippen MR) is 44.2 cm³/mol. The van der Waals surface area contributed by atoms with Gasteiger partial charge in [-0.05, 0) is 0 Å². The summed E-state index contributed by atoms with van der Waals surface area (Å²) in [4.78, 5) is 0. The van der Waals surface area contributed by atoms with Crippen LogP contribution >= 0.6 is 8.92 Å². The standard InChI is InChI=1S/C7H7O.ClH.Sn/c1-8-7-5-3-2-4-6-7;;/h3-6H,1H3;1H;/q;;+1/p-1. The van der Waals surface area contributed by atoms with Crippen molar-refractivity contribution in [2.75, 3.05) is 7.11 Å². The van der Waals surface area contributed by atoms with Crippen molar-refractivity contribution < 1.29 is 4.74 Å². The van der Waals surface area contributed by atoms with Gasteiger partial charge in [0.2, 0.25) is 0 Å². The molecule has 52 valence electrons. The average molecular weight is 261 g/mol. The molecule has 0 bridgehead atoms. The molecule has 10 heavy (non-hydrogen) atoms. The van der Waals surface area contributed by atoms with E-state index in [4.69, 9.17) is 13.7 Å². The first-order valence-electron chi connectivity index (χ1n) is 2.87. The zero-order valence-electron chi connectivity index (χ0n) is 5.60. The second-order valence-electron chi connectivity index (χ2n) is 1.82. The first-order chi connectivity index (χ1) is 4.86. The molecule has 1 aromatic rings. The van der Waals surface area contributed by atoms with Crippen LogP contribution in [0.15, 0.2) is 24.3 Å². The molecule has 0 unspecified atom stereocenters. The minimum absolute atomic E-state index is 0.757. The van der Waals surface area contributed by atoms with Crippen molar-refractivity contribution in [1.82, 2.24) is 0 Å². The van der Waals surface area contributed by atoms with Gasteiger partial charge in [0.1, 0.15) is 0 Å². The molecule has 0 fully saturated rings. The minimum atomic E-state index is -0.757. The summed E-state index contributed by atoms with van der Waals surface area (Å²) in [5.41, 5.74) is 0. The SMILES string of the molecule is COc1cc[c]([Sn][Cl])cc1. The Morgan fingerprint density at radius 2 is 1.90 bits per heavy atom. The Balaban J connectivity index is 2.80. The van der Waals surface area contributed by atoms with Gasteiger partial charge in [-0.3, -0.25) is 0 Å². The van der Waals surface area contributed by atoms with Crippen LogP contribution in [0.3, 0.4) is 0 Å². The zero-order valence-corrected chi connectivity index (χ0v) is 9.21. The van der Waals surface area contributed by atoms with E-state index in [0.29, 0.717) is 0 Å². The van der Waals surface area contributed by atoms with Crippen LogP contribution in [0, 0.1) is 0 Å². The third-order valence-corrected chi connectivity index (χ3v) is 4.24. The molecule has 0 aliphatic heterocycles. The van der Waals surface area contributed by atoms with Gasteiger partial charge in [-0.15, -0.1) is 0 Å². The number of hydrogen-bond donors (Lipinski definition) is 0. The van der Waals surface area contributed by atoms with E-state index in [9.17, 15) is 0 Å². The number of ether oxygens (including phenoxy) is 1. The van der Waals surface area contributed by atoms with E-state index in [1.54, 1.807) is 7.11 Å². The van der Waals surface area contributed by atoms with Crippen molar-refractivity contribution in [3.8, 4) is 5.75 Å². The summed E-state index contributed by atoms with van der Waals surface area (Å²) in [7, 11) is 7.41. The van der Waals surface area contributed by atoms with Crippen LogP contribution in [0.25, 0.3) is 0 Å². The van der Waals surface area contributed by atoms with Crippen molar-refractivity contribution in [2.24, 2.45) is 0 Å². The van der Waals surface area contributed by atoms with Gasteiger partial charge in [-0.1, -0.05) is 0 Å². The van der Waals surface area contributed by atoms with Crippen molar-refractivity contribution in [2.45, 2.75) is 0 Å². The second-order valence-corrected chi connectivity index (χ2v) is 5.28. The van der Waals surface area contributed by atoms with Crippen LogP contribution in [-0.2, 0) is 0 Å². The van der Waals surface area contributed by atoms with Crippen LogP contribution in [0.2, 0.25) is 0 Å². The molecule has 3 heteroatoms. The Morgan fingerprint density at radius 1 is 1.30 bits per heavy atom. The van der Waals surface area contributed by atoms with E-state index in [2.05, 4.69) is 0 Å². The molecular formula is C7H7ClOSn. The summed E-state index contributed by atoms with van der Waals surface area (Å²) in [5, 5.41) is 0. The number of benzene rings is 1. The molecule has 1 rings (SSSR count). The molecule has 0 spiro atoms. The Morgan fingerprint density at radius 3 is 2.30 bits per heavy atom. The second kappa shape index (κ2) is 4.08. The molecule has 0 aliphatic carbocycles. The quantitative estimate of drug-likeness (QED) is 0.726. The van der Waals surface area contributed by atoms with Crippen LogP contribution < -0.4 is 8.32 Å². The topological polar surface area (TPSA) is 9.23 Å². The molecule has 0 aromatic heterocycles. The van der Waals surface area contributed by atoms with E-state index in [1.807, 2.05) is 24.3 Å². The fourth-order valence-corrected chi connectivity index (χ4v) is 2.33. The molecule has 0 saturated heterocycles. The first kappa shape index (κ1) is 8.21. The van der Waals surface area contributed by atoms with Gasteiger partial charge in [0, 0.05) is 0 Å². The molecule has 0 saturated carbocycles. The van der Waals surface area contributed by atoms with Crippen molar-refractivity contribution in [3.63, 3.8) is 0 Å². The average Bonchev–Trinajstić information content (AvgIpc) is 2.05. The summed E-state index contributed by atoms with van der Waals surface area (Å²) in [6.45, 7) is 0. The van der Waals surface area contributed by atoms with E-state index in [1.165, 1.54) is 3.58 Å². The van der Waals surface area contributed by atoms with E-state index < -0.39 is 20.0 Å². The number of rotatable bonds is 2. The predicted octanol–water partition coefficient (Wildman–Crippen LogP) is 1.18. The van der Waals surface area contributed by atoms with Gasteiger partial charge >= 0.3 is 74.4 Å². The van der Waals surface area contributed by atoms with Crippen LogP contribution in [0.1, 0.15) is 0 Å². The van der Waals surface area contributed by atoms with E-state index in [0.717, 1.165) is 5.75 Å². The number of methoxy groups -OCH3 is 1. The number of hydrogen-bond acceptors (Lipinski definition) is 1. The third kappa shape index (κ3) is 2.06. The third-order valence-electron chi connectivity index (χ3n) is 1.20. The molecule has 0 atom stereocenters. The van der Waals surface area contributed by atoms with Gasteiger partial charge in [0.05, 0.1) is 0 Å². The molecule has 2 radical (unpaired) electrons. The zero-order chi connectivity index (χ0) is 7.40. The Bertz CT molecular complexity index is 174. The molecule has 0 heterocycles. The van der Waals surface area contributed by atoms with Gasteiger partial charge in [-0.2, -0.15) is 0 Å². The molecular weight excluding hydrogens is 254 g/mol. The van der Waals surface area contributed by atoms with Crippen molar-refractivity contribution in [3.05, 3.63) is 24.3 Å². The van der Waals surface area contributed by atoms with Gasteiger partial charge in [-0.25, -0.2) is 0 Å². The summed E-state index contributed by atoms with van der Waals surface area (Å²) in [6.07, 6.45) is 0. The van der Waals surface area contributed by atoms with Crippen LogP contribution in [0.4, 0.5) is 0 Å². The molecule has 1 nitrogen and oxygen atoms in total. The van der Waals surface area contributed by atoms with Crippen LogP contribution in [0.5, 0.6) is 5.75 Å². The number of halogens is 1. The molecule has 0 N–H and O–H groups in total. The van der Waals surface area contributed by atoms with E-state index >= 15 is 0 Å². The maximum atomic E-state index is 5.75. The van der Waals surface area contributed by atoms with Crippen LogP contribution in [-0.4, -0.2) is 27.1 Å². The Labute approximate surface area is 74.3 Å². The molecule has 1 aromatic carbocycles. The summed E-state index contributed by atoms with van der Waals surface area (Å²) < 4.78 is 6.27. The van der Waals surface area contributed by atoms with Gasteiger partial charge < -0.3 is 0 Å². The summed E-state index contributed by atoms with van der Waals surface area (Å²) >= 11 is -0.757. The van der Waals surface area contributed by atoms with E-state index in [-0.39, 0.29) is 0 Å². The first-order valence-corrected chi connectivity index (χ1v) is 7.91. The molecule has 0 amide bonds. The maximum absolute atomic E-state index is 5.75. The van der Waals surface area contributed by atoms with Crippen molar-refractivity contribution >= 4 is 32.5 Å². The Hall–Kier alpha value is 0.109. The summed E-state index contributed by atoms with van der Waals surface area (Å²) in [6, 6.07) is 7.94. The summed E-state index contributed by atoms with van der Waals surface area (Å²) in [5.74, 6) is 0.897.